The Bertz CT molecular complexity index is 1180. The first kappa shape index (κ1) is 21.8. The molecule has 5 heteroatoms. The fourth-order valence-corrected chi connectivity index (χ4v) is 4.70. The van der Waals surface area contributed by atoms with Crippen LogP contribution >= 0.6 is 0 Å². The molecule has 164 valence electrons. The highest BCUT2D eigenvalue weighted by molar-refractivity contribution is 6.11. The van der Waals surface area contributed by atoms with Crippen LogP contribution in [0.1, 0.15) is 42.6 Å². The summed E-state index contributed by atoms with van der Waals surface area (Å²) in [7, 11) is 0. The summed E-state index contributed by atoms with van der Waals surface area (Å²) in [6, 6.07) is 20.6. The predicted octanol–water partition coefficient (Wildman–Crippen LogP) is 5.14. The van der Waals surface area contributed by atoms with Crippen LogP contribution in [0, 0.1) is 10.8 Å². The van der Waals surface area contributed by atoms with Gasteiger partial charge in [0.05, 0.1) is 5.56 Å². The Labute approximate surface area is 187 Å². The van der Waals surface area contributed by atoms with Gasteiger partial charge in [0.1, 0.15) is 17.0 Å². The molecule has 2 aliphatic rings. The van der Waals surface area contributed by atoms with Crippen molar-refractivity contribution in [3.8, 4) is 0 Å². The van der Waals surface area contributed by atoms with E-state index >= 15 is 0 Å². The molecule has 1 heterocycles. The van der Waals surface area contributed by atoms with E-state index in [2.05, 4.69) is 29.6 Å². The zero-order valence-electron chi connectivity index (χ0n) is 18.4. The Balaban J connectivity index is 0.000000230. The molecule has 0 radical (unpaired) electrons. The predicted molar refractivity (Wildman–Crippen MR) is 125 cm³/mol. The molecule has 3 aromatic rings. The maximum atomic E-state index is 12.9. The largest absolute Gasteiger partial charge is 0.478 e. The van der Waals surface area contributed by atoms with Crippen molar-refractivity contribution in [2.24, 2.45) is 10.8 Å². The lowest BCUT2D eigenvalue weighted by atomic mass is 9.60. The highest BCUT2D eigenvalue weighted by Gasteiger charge is 2.53. The van der Waals surface area contributed by atoms with Crippen molar-refractivity contribution in [2.45, 2.75) is 33.1 Å². The third-order valence-electron chi connectivity index (χ3n) is 6.47. The minimum atomic E-state index is -0.879. The van der Waals surface area contributed by atoms with Gasteiger partial charge in [0.2, 0.25) is 0 Å². The molecule has 0 saturated heterocycles. The molecular formula is C27H27NO4. The smallest absolute Gasteiger partial charge is 0.335 e. The zero-order chi connectivity index (χ0) is 22.9. The van der Waals surface area contributed by atoms with Crippen molar-refractivity contribution in [3.63, 3.8) is 0 Å². The van der Waals surface area contributed by atoms with Gasteiger partial charge >= 0.3 is 5.97 Å². The molecule has 2 N–H and O–H groups in total. The number of nitrogens with one attached hydrogen (secondary N) is 1. The number of rotatable bonds is 1. The lowest BCUT2D eigenvalue weighted by Crippen LogP contribution is -2.54. The van der Waals surface area contributed by atoms with E-state index in [4.69, 9.17) is 5.11 Å². The Hall–Kier alpha value is -3.47. The number of carbonyl (C=O) groups excluding carboxylic acids is 2. The molecule has 5 nitrogen and oxygen atoms in total. The summed E-state index contributed by atoms with van der Waals surface area (Å²) in [6.45, 7) is 4.45. The maximum absolute atomic E-state index is 12.9. The standard InChI is InChI=1S/C20H21NO2.C7H6O2/c1-19(2)10-17(22)20(18(23)11-19)9-15-14-6-4-3-5-13(14)7-8-16(15)21-12-20;8-7(9)6-4-2-1-3-5-6/h3-8,21H,9-12H2,1-2H3;1-5H,(H,8,9). The van der Waals surface area contributed by atoms with Crippen LogP contribution < -0.4 is 5.32 Å². The number of fused-ring (bicyclic) bond motifs is 3. The van der Waals surface area contributed by atoms with E-state index < -0.39 is 11.4 Å². The minimum absolute atomic E-state index is 0.102. The number of hydrogen-bond acceptors (Lipinski definition) is 4. The Kier molecular flexibility index (Phi) is 5.59. The fourth-order valence-electron chi connectivity index (χ4n) is 4.70. The first-order valence-electron chi connectivity index (χ1n) is 10.8. The van der Waals surface area contributed by atoms with Gasteiger partial charge in [-0.15, -0.1) is 0 Å². The monoisotopic (exact) mass is 429 g/mol. The zero-order valence-corrected chi connectivity index (χ0v) is 18.4. The number of carboxylic acid groups (broad SMARTS) is 1. The first-order valence-corrected chi connectivity index (χ1v) is 10.8. The highest BCUT2D eigenvalue weighted by atomic mass is 16.4. The summed E-state index contributed by atoms with van der Waals surface area (Å²) in [6.07, 6.45) is 1.51. The number of ketones is 2. The molecule has 1 aliphatic heterocycles. The van der Waals surface area contributed by atoms with Crippen LogP contribution in [0.15, 0.2) is 66.7 Å². The van der Waals surface area contributed by atoms with Gasteiger partial charge in [-0.05, 0) is 46.4 Å². The van der Waals surface area contributed by atoms with E-state index in [0.29, 0.717) is 31.4 Å². The summed E-state index contributed by atoms with van der Waals surface area (Å²) in [5.74, 6) is -0.676. The molecule has 1 spiro atoms. The number of hydrogen-bond donors (Lipinski definition) is 2. The van der Waals surface area contributed by atoms with Gasteiger partial charge in [0.25, 0.3) is 0 Å². The second-order valence-electron chi connectivity index (χ2n) is 9.46. The van der Waals surface area contributed by atoms with Crippen LogP contribution in [0.3, 0.4) is 0 Å². The highest BCUT2D eigenvalue weighted by Crippen LogP contribution is 2.46. The Morgan fingerprint density at radius 1 is 0.844 bits per heavy atom. The average molecular weight is 430 g/mol. The van der Waals surface area contributed by atoms with Gasteiger partial charge in [0, 0.05) is 25.1 Å². The van der Waals surface area contributed by atoms with Crippen LogP contribution in [0.4, 0.5) is 5.69 Å². The van der Waals surface area contributed by atoms with E-state index in [0.717, 1.165) is 22.0 Å². The van der Waals surface area contributed by atoms with Gasteiger partial charge in [0.15, 0.2) is 0 Å². The van der Waals surface area contributed by atoms with Gasteiger partial charge in [-0.2, -0.15) is 0 Å². The van der Waals surface area contributed by atoms with Crippen LogP contribution in [0.5, 0.6) is 0 Å². The van der Waals surface area contributed by atoms with Crippen molar-refractivity contribution in [3.05, 3.63) is 77.9 Å². The van der Waals surface area contributed by atoms with E-state index in [1.807, 2.05) is 26.0 Å². The summed E-state index contributed by atoms with van der Waals surface area (Å²) in [5.41, 5.74) is 1.42. The molecule has 5 rings (SSSR count). The minimum Gasteiger partial charge on any atom is -0.478 e. The van der Waals surface area contributed by atoms with Gasteiger partial charge in [-0.25, -0.2) is 4.79 Å². The fraction of sp³-hybridized carbons (Fsp3) is 0.296. The number of aromatic carboxylic acids is 1. The van der Waals surface area contributed by atoms with Gasteiger partial charge in [-0.3, -0.25) is 9.59 Å². The van der Waals surface area contributed by atoms with E-state index in [9.17, 15) is 14.4 Å². The molecular weight excluding hydrogens is 402 g/mol. The van der Waals surface area contributed by atoms with Crippen molar-refractivity contribution in [1.82, 2.24) is 0 Å². The summed E-state index contributed by atoms with van der Waals surface area (Å²) >= 11 is 0. The molecule has 0 bridgehead atoms. The number of Topliss-reactive ketones (excluding diaryl/α,β-unsaturated/α-hetero) is 2. The molecule has 1 fully saturated rings. The van der Waals surface area contributed by atoms with E-state index in [1.165, 1.54) is 0 Å². The van der Waals surface area contributed by atoms with E-state index in [1.54, 1.807) is 30.3 Å². The third kappa shape index (κ3) is 4.03. The lowest BCUT2D eigenvalue weighted by molar-refractivity contribution is -0.147. The van der Waals surface area contributed by atoms with Crippen LogP contribution in [-0.2, 0) is 16.0 Å². The van der Waals surface area contributed by atoms with Crippen molar-refractivity contribution < 1.29 is 19.5 Å². The van der Waals surface area contributed by atoms with E-state index in [-0.39, 0.29) is 17.0 Å². The number of carbonyl (C=O) groups is 3. The van der Waals surface area contributed by atoms with Crippen molar-refractivity contribution in [1.29, 1.82) is 0 Å². The van der Waals surface area contributed by atoms with Crippen molar-refractivity contribution in [2.75, 3.05) is 11.9 Å². The summed E-state index contributed by atoms with van der Waals surface area (Å²) in [5, 5.41) is 14.0. The normalized spacial score (nSPS) is 18.3. The topological polar surface area (TPSA) is 83.5 Å². The molecule has 0 aromatic heterocycles. The second-order valence-corrected chi connectivity index (χ2v) is 9.46. The van der Waals surface area contributed by atoms with Crippen LogP contribution in [0.2, 0.25) is 0 Å². The molecule has 3 aromatic carbocycles. The lowest BCUT2D eigenvalue weighted by Gasteiger charge is -2.43. The SMILES string of the molecule is CC1(C)CC(=O)C2(CNc3ccc4ccccc4c3C2)C(=O)C1.O=C(O)c1ccccc1. The Morgan fingerprint density at radius 3 is 2.09 bits per heavy atom. The maximum Gasteiger partial charge on any atom is 0.335 e. The average Bonchev–Trinajstić information content (AvgIpc) is 2.78. The molecule has 32 heavy (non-hydrogen) atoms. The third-order valence-corrected chi connectivity index (χ3v) is 6.47. The molecule has 1 aliphatic carbocycles. The molecule has 0 amide bonds. The number of carboxylic acids is 1. The summed E-state index contributed by atoms with van der Waals surface area (Å²) < 4.78 is 0. The first-order chi connectivity index (χ1) is 15.2. The summed E-state index contributed by atoms with van der Waals surface area (Å²) in [4.78, 5) is 36.0. The molecule has 0 unspecified atom stereocenters. The molecule has 1 saturated carbocycles. The second kappa shape index (κ2) is 8.23. The number of benzene rings is 3. The molecule has 0 atom stereocenters. The van der Waals surface area contributed by atoms with Gasteiger partial charge < -0.3 is 10.4 Å². The van der Waals surface area contributed by atoms with Crippen LogP contribution in [0.25, 0.3) is 10.8 Å². The quantitative estimate of drug-likeness (QED) is 0.524. The van der Waals surface area contributed by atoms with Crippen molar-refractivity contribution >= 4 is 34.0 Å². The number of anilines is 1. The van der Waals surface area contributed by atoms with Crippen LogP contribution in [-0.4, -0.2) is 29.2 Å². The van der Waals surface area contributed by atoms with Gasteiger partial charge in [-0.1, -0.05) is 62.4 Å². The Morgan fingerprint density at radius 2 is 1.47 bits per heavy atom.